The third-order valence-electron chi connectivity index (χ3n) is 9.05. The fourth-order valence-corrected chi connectivity index (χ4v) is 6.91. The summed E-state index contributed by atoms with van der Waals surface area (Å²) in [5.41, 5.74) is 2.67. The average Bonchev–Trinajstić information content (AvgIpc) is 3.22. The number of halogens is 4. The molecular formula is C32H36ClF3N2O4. The van der Waals surface area contributed by atoms with E-state index >= 15 is 4.39 Å². The Morgan fingerprint density at radius 2 is 1.86 bits per heavy atom. The Balaban J connectivity index is 1.62. The molecule has 2 aliphatic carbocycles. The number of hydrogen-bond donors (Lipinski definition) is 3. The highest BCUT2D eigenvalue weighted by molar-refractivity contribution is 6.33. The number of nitrogens with two attached hydrogens (primary N) is 1. The fraction of sp³-hybridized carbons (Fsp3) is 0.469. The lowest BCUT2D eigenvalue weighted by atomic mass is 9.73. The van der Waals surface area contributed by atoms with E-state index in [9.17, 15) is 18.7 Å². The van der Waals surface area contributed by atoms with Gasteiger partial charge in [-0.1, -0.05) is 61.0 Å². The van der Waals surface area contributed by atoms with Crippen molar-refractivity contribution >= 4 is 23.1 Å². The molecule has 0 radical (unpaired) electrons. The Kier molecular flexibility index (Phi) is 8.26. The topological polar surface area (TPSA) is 93.8 Å². The Labute approximate surface area is 248 Å². The van der Waals surface area contributed by atoms with Gasteiger partial charge in [-0.05, 0) is 57.2 Å². The molecule has 1 aliphatic heterocycles. The molecule has 2 unspecified atom stereocenters. The zero-order valence-corrected chi connectivity index (χ0v) is 24.6. The summed E-state index contributed by atoms with van der Waals surface area (Å²) in [6.07, 6.45) is 3.54. The summed E-state index contributed by atoms with van der Waals surface area (Å²) in [5.74, 6) is -0.919. The van der Waals surface area contributed by atoms with E-state index in [1.54, 1.807) is 12.1 Å². The Hall–Kier alpha value is -2.85. The Morgan fingerprint density at radius 1 is 1.19 bits per heavy atom. The van der Waals surface area contributed by atoms with Crippen molar-refractivity contribution in [2.45, 2.75) is 88.0 Å². The second-order valence-corrected chi connectivity index (χ2v) is 12.4. The highest BCUT2D eigenvalue weighted by Gasteiger charge is 2.52. The predicted molar refractivity (Wildman–Crippen MR) is 155 cm³/mol. The largest absolute Gasteiger partial charge is 0.480 e. The molecule has 0 bridgehead atoms. The highest BCUT2D eigenvalue weighted by atomic mass is 35.5. The van der Waals surface area contributed by atoms with Crippen molar-refractivity contribution in [3.05, 3.63) is 81.9 Å². The standard InChI is InChI=1S/C32H36ClF3N2O4/c1-18-25-23(42-32(18,19-7-5-4-6-8-19)17-38-20-13-15-30(2,40)16-14-20)11-10-22(33)26(25)27-21(28(37)39)9-12-24(31(27,3)36)41-29(34)35/h4-12,18,20,24,29,38,40H,13-17H2,1-3H3,(H2,37,39)/t18-,20-,24?,30-,31?,32-/m0/s1. The van der Waals surface area contributed by atoms with Crippen molar-refractivity contribution in [2.75, 3.05) is 6.54 Å². The van der Waals surface area contributed by atoms with Gasteiger partial charge < -0.3 is 25.6 Å². The molecule has 0 aromatic heterocycles. The van der Waals surface area contributed by atoms with Crippen LogP contribution >= 0.6 is 11.6 Å². The number of hydrogen-bond acceptors (Lipinski definition) is 5. The molecule has 2 aromatic rings. The second-order valence-electron chi connectivity index (χ2n) is 12.0. The lowest BCUT2D eigenvalue weighted by Gasteiger charge is -2.39. The maximum absolute atomic E-state index is 16.7. The van der Waals surface area contributed by atoms with Crippen LogP contribution in [-0.4, -0.2) is 47.6 Å². The SMILES string of the molecule is C[C@H]1c2c(ccc(Cl)c2C2=C(C(N)=O)C=CC(OC(F)F)C2(C)F)O[C@]1(CN[C@H]1CC[C@](C)(O)CC1)c1ccccc1. The van der Waals surface area contributed by atoms with Crippen LogP contribution in [0.2, 0.25) is 5.02 Å². The fourth-order valence-electron chi connectivity index (χ4n) is 6.65. The van der Waals surface area contributed by atoms with Gasteiger partial charge in [-0.2, -0.15) is 8.78 Å². The molecule has 1 saturated carbocycles. The van der Waals surface area contributed by atoms with Gasteiger partial charge in [-0.25, -0.2) is 4.39 Å². The first-order chi connectivity index (χ1) is 19.8. The molecule has 10 heteroatoms. The number of alkyl halides is 3. The minimum Gasteiger partial charge on any atom is -0.480 e. The van der Waals surface area contributed by atoms with E-state index in [1.165, 1.54) is 6.08 Å². The van der Waals surface area contributed by atoms with E-state index < -0.39 is 41.4 Å². The summed E-state index contributed by atoms with van der Waals surface area (Å²) in [7, 11) is 0. The van der Waals surface area contributed by atoms with Gasteiger partial charge in [-0.15, -0.1) is 0 Å². The molecule has 1 heterocycles. The van der Waals surface area contributed by atoms with Crippen molar-refractivity contribution < 1.29 is 32.5 Å². The molecule has 3 aliphatic rings. The summed E-state index contributed by atoms with van der Waals surface area (Å²) < 4.78 is 54.6. The molecule has 0 saturated heterocycles. The zero-order valence-electron chi connectivity index (χ0n) is 23.8. The highest BCUT2D eigenvalue weighted by Crippen LogP contribution is 2.56. The van der Waals surface area contributed by atoms with Crippen LogP contribution in [0.15, 0.2) is 60.2 Å². The first kappa shape index (κ1) is 30.6. The number of aliphatic hydroxyl groups is 1. The van der Waals surface area contributed by atoms with Crippen LogP contribution in [0.4, 0.5) is 13.2 Å². The van der Waals surface area contributed by atoms with E-state index in [-0.39, 0.29) is 27.8 Å². The van der Waals surface area contributed by atoms with E-state index in [1.807, 2.05) is 44.2 Å². The molecule has 0 spiro atoms. The van der Waals surface area contributed by atoms with Gasteiger partial charge in [0.25, 0.3) is 0 Å². The lowest BCUT2D eigenvalue weighted by molar-refractivity contribution is -0.172. The lowest BCUT2D eigenvalue weighted by Crippen LogP contribution is -2.49. The van der Waals surface area contributed by atoms with Gasteiger partial charge in [-0.3, -0.25) is 4.79 Å². The van der Waals surface area contributed by atoms with Gasteiger partial charge in [0, 0.05) is 45.8 Å². The summed E-state index contributed by atoms with van der Waals surface area (Å²) in [6, 6.07) is 13.0. The van der Waals surface area contributed by atoms with E-state index in [4.69, 9.17) is 22.1 Å². The van der Waals surface area contributed by atoms with Gasteiger partial charge in [0.1, 0.15) is 11.9 Å². The number of carbonyl (C=O) groups is 1. The van der Waals surface area contributed by atoms with Gasteiger partial charge in [0.2, 0.25) is 5.91 Å². The quantitative estimate of drug-likeness (QED) is 0.336. The normalized spacial score (nSPS) is 32.6. The van der Waals surface area contributed by atoms with E-state index in [0.717, 1.165) is 31.4 Å². The number of fused-ring (bicyclic) bond motifs is 1. The van der Waals surface area contributed by atoms with Crippen LogP contribution < -0.4 is 15.8 Å². The van der Waals surface area contributed by atoms with Crippen LogP contribution in [0.3, 0.4) is 0 Å². The maximum Gasteiger partial charge on any atom is 0.345 e. The van der Waals surface area contributed by atoms with Crippen molar-refractivity contribution in [1.82, 2.24) is 5.32 Å². The molecule has 2 aromatic carbocycles. The summed E-state index contributed by atoms with van der Waals surface area (Å²) in [4.78, 5) is 12.6. The van der Waals surface area contributed by atoms with Gasteiger partial charge in [0.15, 0.2) is 11.3 Å². The molecule has 6 nitrogen and oxygen atoms in total. The van der Waals surface area contributed by atoms with Crippen molar-refractivity contribution in [2.24, 2.45) is 5.73 Å². The Bertz CT molecular complexity index is 1400. The number of carbonyl (C=O) groups excluding carboxylic acids is 1. The minimum absolute atomic E-state index is 0.124. The number of ether oxygens (including phenoxy) is 2. The third-order valence-corrected chi connectivity index (χ3v) is 9.37. The van der Waals surface area contributed by atoms with Crippen LogP contribution in [0.1, 0.15) is 69.1 Å². The second kappa shape index (κ2) is 11.3. The summed E-state index contributed by atoms with van der Waals surface area (Å²) in [5, 5.41) is 14.2. The van der Waals surface area contributed by atoms with E-state index in [2.05, 4.69) is 10.1 Å². The van der Waals surface area contributed by atoms with E-state index in [0.29, 0.717) is 30.7 Å². The van der Waals surface area contributed by atoms with Crippen LogP contribution in [0, 0.1) is 0 Å². The number of primary amides is 1. The number of rotatable bonds is 8. The average molecular weight is 605 g/mol. The number of amides is 1. The van der Waals surface area contributed by atoms with Crippen LogP contribution in [-0.2, 0) is 15.1 Å². The first-order valence-corrected chi connectivity index (χ1v) is 14.5. The molecule has 1 amide bonds. The smallest absolute Gasteiger partial charge is 0.345 e. The molecule has 226 valence electrons. The summed E-state index contributed by atoms with van der Waals surface area (Å²) in [6.45, 7) is 2.03. The molecule has 42 heavy (non-hydrogen) atoms. The molecule has 1 fully saturated rings. The van der Waals surface area contributed by atoms with Crippen molar-refractivity contribution in [3.8, 4) is 5.75 Å². The monoisotopic (exact) mass is 604 g/mol. The zero-order chi connectivity index (χ0) is 30.4. The minimum atomic E-state index is -3.24. The molecule has 5 rings (SSSR count). The Morgan fingerprint density at radius 3 is 2.48 bits per heavy atom. The molecule has 4 atom stereocenters. The van der Waals surface area contributed by atoms with Crippen molar-refractivity contribution in [1.29, 1.82) is 0 Å². The molecule has 4 N–H and O–H groups in total. The molecular weight excluding hydrogens is 569 g/mol. The first-order valence-electron chi connectivity index (χ1n) is 14.1. The van der Waals surface area contributed by atoms with Gasteiger partial charge in [0.05, 0.1) is 5.60 Å². The van der Waals surface area contributed by atoms with Crippen LogP contribution in [0.5, 0.6) is 5.75 Å². The number of nitrogens with one attached hydrogen (secondary N) is 1. The van der Waals surface area contributed by atoms with Crippen molar-refractivity contribution in [3.63, 3.8) is 0 Å². The maximum atomic E-state index is 16.7. The number of benzene rings is 2. The van der Waals surface area contributed by atoms with Gasteiger partial charge >= 0.3 is 6.61 Å². The van der Waals surface area contributed by atoms with Crippen LogP contribution in [0.25, 0.3) is 5.57 Å². The third kappa shape index (κ3) is 5.48. The summed E-state index contributed by atoms with van der Waals surface area (Å²) >= 11 is 6.76. The predicted octanol–water partition coefficient (Wildman–Crippen LogP) is 6.16.